The molecule has 0 spiro atoms. The number of nitrogens with zero attached hydrogens (tertiary/aromatic N) is 2. The molecule has 0 aromatic heterocycles. The second kappa shape index (κ2) is 3.68. The first kappa shape index (κ1) is 12.9. The van der Waals surface area contributed by atoms with Crippen LogP contribution in [-0.2, 0) is 0 Å². The summed E-state index contributed by atoms with van der Waals surface area (Å²) in [6.45, 7) is 5.26. The van der Waals surface area contributed by atoms with Gasteiger partial charge in [0.2, 0.25) is 0 Å². The van der Waals surface area contributed by atoms with E-state index in [0.29, 0.717) is 11.5 Å². The highest BCUT2D eigenvalue weighted by Crippen LogP contribution is 2.75. The Bertz CT molecular complexity index is 664. The van der Waals surface area contributed by atoms with Crippen molar-refractivity contribution in [3.63, 3.8) is 0 Å². The van der Waals surface area contributed by atoms with Crippen LogP contribution in [-0.4, -0.2) is 22.9 Å². The number of likely N-dealkylation sites (tertiary alicyclic amines) is 1. The third kappa shape index (κ3) is 1.19. The van der Waals surface area contributed by atoms with Gasteiger partial charge in [0.1, 0.15) is 5.54 Å². The highest BCUT2D eigenvalue weighted by Gasteiger charge is 2.78. The Balaban J connectivity index is 1.80. The maximum atomic E-state index is 12.9. The third-order valence-electron chi connectivity index (χ3n) is 7.01. The molecule has 4 bridgehead atoms. The van der Waals surface area contributed by atoms with Crippen LogP contribution < -0.4 is 0 Å². The molecule has 4 atom stereocenters. The quantitative estimate of drug-likeness (QED) is 0.792. The fourth-order valence-corrected chi connectivity index (χ4v) is 5.49. The summed E-state index contributed by atoms with van der Waals surface area (Å²) in [6, 6.07) is 12.0. The number of hydrogen-bond donors (Lipinski definition) is 0. The van der Waals surface area contributed by atoms with Gasteiger partial charge < -0.3 is 4.90 Å². The Morgan fingerprint density at radius 3 is 2.67 bits per heavy atom. The van der Waals surface area contributed by atoms with Crippen molar-refractivity contribution < 1.29 is 4.79 Å². The van der Waals surface area contributed by atoms with Gasteiger partial charge >= 0.3 is 0 Å². The number of nitriles is 1. The molecule has 1 saturated heterocycles. The van der Waals surface area contributed by atoms with Crippen molar-refractivity contribution in [2.24, 2.45) is 16.7 Å². The summed E-state index contributed by atoms with van der Waals surface area (Å²) >= 11 is 0. The summed E-state index contributed by atoms with van der Waals surface area (Å²) in [6.07, 6.45) is 3.14. The van der Waals surface area contributed by atoms with Crippen LogP contribution >= 0.6 is 0 Å². The van der Waals surface area contributed by atoms with Gasteiger partial charge in [0.05, 0.1) is 6.07 Å². The summed E-state index contributed by atoms with van der Waals surface area (Å²) in [5.74, 6) is 0.620. The van der Waals surface area contributed by atoms with Crippen molar-refractivity contribution in [2.75, 3.05) is 6.54 Å². The molecule has 21 heavy (non-hydrogen) atoms. The van der Waals surface area contributed by atoms with Gasteiger partial charge in [0.25, 0.3) is 5.91 Å². The first-order valence-electron chi connectivity index (χ1n) is 7.77. The van der Waals surface area contributed by atoms with Crippen molar-refractivity contribution in [3.8, 4) is 6.07 Å². The fraction of sp³-hybridized carbons (Fsp3) is 0.556. The van der Waals surface area contributed by atoms with Crippen molar-refractivity contribution >= 4 is 5.91 Å². The molecule has 1 amide bonds. The zero-order valence-electron chi connectivity index (χ0n) is 12.6. The number of rotatable bonds is 1. The topological polar surface area (TPSA) is 44.1 Å². The minimum atomic E-state index is -0.600. The van der Waals surface area contributed by atoms with Crippen molar-refractivity contribution in [3.05, 3.63) is 35.9 Å². The zero-order chi connectivity index (χ0) is 14.9. The Morgan fingerprint density at radius 1 is 1.33 bits per heavy atom. The highest BCUT2D eigenvalue weighted by atomic mass is 16.2. The lowest BCUT2D eigenvalue weighted by Crippen LogP contribution is -2.54. The number of benzene rings is 1. The number of piperidine rings is 1. The van der Waals surface area contributed by atoms with Gasteiger partial charge in [-0.05, 0) is 42.7 Å². The maximum absolute atomic E-state index is 12.9. The molecule has 2 saturated carbocycles. The van der Waals surface area contributed by atoms with E-state index >= 15 is 0 Å². The van der Waals surface area contributed by atoms with Gasteiger partial charge in [0, 0.05) is 17.5 Å². The monoisotopic (exact) mass is 280 g/mol. The molecule has 1 aliphatic heterocycles. The molecule has 3 heteroatoms. The lowest BCUT2D eigenvalue weighted by atomic mass is 9.66. The smallest absolute Gasteiger partial charge is 0.255 e. The summed E-state index contributed by atoms with van der Waals surface area (Å²) in [5, 5.41) is 9.97. The number of carbonyl (C=O) groups is 1. The second-order valence-electron chi connectivity index (χ2n) is 7.42. The van der Waals surface area contributed by atoms with Gasteiger partial charge in [-0.15, -0.1) is 0 Å². The molecule has 1 aromatic rings. The number of amides is 1. The predicted molar refractivity (Wildman–Crippen MR) is 79.4 cm³/mol. The van der Waals surface area contributed by atoms with E-state index in [0.717, 1.165) is 19.4 Å². The molecule has 1 aromatic carbocycles. The second-order valence-corrected chi connectivity index (χ2v) is 7.42. The SMILES string of the molecule is C[C@@]12CC[C@H]3C[C@@]1(C#N)N(C(=O)c1ccccc1)C[C@]32C. The predicted octanol–water partition coefficient (Wildman–Crippen LogP) is 3.23. The standard InChI is InChI=1S/C18H20N2O/c1-16-12-20(15(21)13-6-4-3-5-7-13)18(11-19)10-14(16)8-9-17(16,18)2/h3-7,14H,8-10,12H2,1-2H3/t14-,16+,17-,18-/m0/s1. The zero-order valence-corrected chi connectivity index (χ0v) is 12.6. The molecule has 0 radical (unpaired) electrons. The van der Waals surface area contributed by atoms with E-state index < -0.39 is 5.54 Å². The Hall–Kier alpha value is -1.82. The molecule has 1 heterocycles. The van der Waals surface area contributed by atoms with Gasteiger partial charge in [-0.1, -0.05) is 32.0 Å². The third-order valence-corrected chi connectivity index (χ3v) is 7.01. The van der Waals surface area contributed by atoms with E-state index in [9.17, 15) is 10.1 Å². The van der Waals surface area contributed by atoms with Crippen LogP contribution in [0.25, 0.3) is 0 Å². The van der Waals surface area contributed by atoms with E-state index in [1.165, 1.54) is 6.42 Å². The lowest BCUT2D eigenvalue weighted by molar-refractivity contribution is 0.0430. The Morgan fingerprint density at radius 2 is 2.05 bits per heavy atom. The fourth-order valence-electron chi connectivity index (χ4n) is 5.49. The van der Waals surface area contributed by atoms with E-state index in [2.05, 4.69) is 19.9 Å². The molecule has 3 fully saturated rings. The molecular weight excluding hydrogens is 260 g/mol. The van der Waals surface area contributed by atoms with Gasteiger partial charge in [-0.25, -0.2) is 0 Å². The molecular formula is C18H20N2O. The molecule has 2 aliphatic carbocycles. The molecule has 108 valence electrons. The van der Waals surface area contributed by atoms with Crippen molar-refractivity contribution in [2.45, 2.75) is 38.6 Å². The summed E-state index contributed by atoms with van der Waals surface area (Å²) in [4.78, 5) is 14.8. The number of hydrogen-bond acceptors (Lipinski definition) is 2. The lowest BCUT2D eigenvalue weighted by Gasteiger charge is -2.43. The van der Waals surface area contributed by atoms with Gasteiger partial charge in [-0.3, -0.25) is 4.79 Å². The van der Waals surface area contributed by atoms with Crippen molar-refractivity contribution in [1.82, 2.24) is 4.90 Å². The summed E-state index contributed by atoms with van der Waals surface area (Å²) in [7, 11) is 0. The van der Waals surface area contributed by atoms with E-state index in [1.54, 1.807) is 0 Å². The Labute approximate surface area is 125 Å². The van der Waals surface area contributed by atoms with E-state index in [-0.39, 0.29) is 16.7 Å². The molecule has 0 N–H and O–H groups in total. The molecule has 4 rings (SSSR count). The van der Waals surface area contributed by atoms with Crippen LogP contribution in [0, 0.1) is 28.1 Å². The van der Waals surface area contributed by atoms with Gasteiger partial charge in [-0.2, -0.15) is 5.26 Å². The van der Waals surface area contributed by atoms with Gasteiger partial charge in [0.15, 0.2) is 0 Å². The first-order valence-corrected chi connectivity index (χ1v) is 7.77. The minimum absolute atomic E-state index is 0.0208. The minimum Gasteiger partial charge on any atom is -0.319 e. The van der Waals surface area contributed by atoms with E-state index in [4.69, 9.17) is 0 Å². The maximum Gasteiger partial charge on any atom is 0.255 e. The van der Waals surface area contributed by atoms with Crippen molar-refractivity contribution in [1.29, 1.82) is 5.26 Å². The van der Waals surface area contributed by atoms with Crippen LogP contribution in [0.4, 0.5) is 0 Å². The average molecular weight is 280 g/mol. The van der Waals surface area contributed by atoms with E-state index in [1.807, 2.05) is 35.2 Å². The highest BCUT2D eigenvalue weighted by molar-refractivity contribution is 5.95. The molecule has 0 unspecified atom stereocenters. The van der Waals surface area contributed by atoms with Crippen LogP contribution in [0.5, 0.6) is 0 Å². The van der Waals surface area contributed by atoms with Crippen LogP contribution in [0.3, 0.4) is 0 Å². The van der Waals surface area contributed by atoms with Crippen LogP contribution in [0.2, 0.25) is 0 Å². The molecule has 3 aliphatic rings. The average Bonchev–Trinajstić information content (AvgIpc) is 2.96. The first-order chi connectivity index (χ1) is 9.98. The molecule has 3 nitrogen and oxygen atoms in total. The van der Waals surface area contributed by atoms with Crippen LogP contribution in [0.15, 0.2) is 30.3 Å². The number of carbonyl (C=O) groups excluding carboxylic acids is 1. The normalized spacial score (nSPS) is 43.1. The Kier molecular flexibility index (Phi) is 2.26. The summed E-state index contributed by atoms with van der Waals surface area (Å²) < 4.78 is 0. The van der Waals surface area contributed by atoms with Crippen LogP contribution in [0.1, 0.15) is 43.5 Å². The largest absolute Gasteiger partial charge is 0.319 e. The summed E-state index contributed by atoms with van der Waals surface area (Å²) in [5.41, 5.74) is 0.150.